The third-order valence-corrected chi connectivity index (χ3v) is 2.14. The maximum absolute atomic E-state index is 12.5. The van der Waals surface area contributed by atoms with Gasteiger partial charge in [0.1, 0.15) is 6.61 Å². The van der Waals surface area contributed by atoms with E-state index in [2.05, 4.69) is 15.4 Å². The van der Waals surface area contributed by atoms with Gasteiger partial charge in [0.15, 0.2) is 0 Å². The van der Waals surface area contributed by atoms with Crippen molar-refractivity contribution in [1.29, 1.82) is 0 Å². The first-order chi connectivity index (χ1) is 9.29. The van der Waals surface area contributed by atoms with Crippen molar-refractivity contribution in [3.63, 3.8) is 0 Å². The van der Waals surface area contributed by atoms with Crippen LogP contribution in [0.15, 0.2) is 24.3 Å². The number of rotatable bonds is 4. The summed E-state index contributed by atoms with van der Waals surface area (Å²) in [6.45, 7) is 1.28. The Bertz CT molecular complexity index is 489. The molecule has 0 aliphatic rings. The highest BCUT2D eigenvalue weighted by Crippen LogP contribution is 2.30. The zero-order chi connectivity index (χ0) is 15.2. The van der Waals surface area contributed by atoms with Gasteiger partial charge in [-0.25, -0.2) is 4.79 Å². The standard InChI is InChI=1S/C12H13F3N2O3/c1-8(18)20-6-5-16-11(19)17-10-4-2-3-9(7-10)12(13,14)15/h2-4,7H,5-6H2,1H3,(H2,16,17,19). The van der Waals surface area contributed by atoms with Gasteiger partial charge in [0, 0.05) is 12.6 Å². The Morgan fingerprint density at radius 2 is 2.00 bits per heavy atom. The van der Waals surface area contributed by atoms with Gasteiger partial charge in [-0.2, -0.15) is 13.2 Å². The molecule has 1 aromatic rings. The summed E-state index contributed by atoms with van der Waals surface area (Å²) in [4.78, 5) is 21.8. The first-order valence-corrected chi connectivity index (χ1v) is 5.64. The Kier molecular flexibility index (Phi) is 5.36. The lowest BCUT2D eigenvalue weighted by atomic mass is 10.2. The largest absolute Gasteiger partial charge is 0.464 e. The highest BCUT2D eigenvalue weighted by atomic mass is 19.4. The predicted molar refractivity (Wildman–Crippen MR) is 65.1 cm³/mol. The van der Waals surface area contributed by atoms with Crippen LogP contribution in [0.3, 0.4) is 0 Å². The van der Waals surface area contributed by atoms with E-state index in [1.807, 2.05) is 0 Å². The topological polar surface area (TPSA) is 67.4 Å². The maximum Gasteiger partial charge on any atom is 0.416 e. The Labute approximate surface area is 113 Å². The number of hydrogen-bond donors (Lipinski definition) is 2. The highest BCUT2D eigenvalue weighted by molar-refractivity contribution is 5.89. The van der Waals surface area contributed by atoms with Gasteiger partial charge >= 0.3 is 18.2 Å². The number of carbonyl (C=O) groups is 2. The number of amides is 2. The lowest BCUT2D eigenvalue weighted by molar-refractivity contribution is -0.140. The predicted octanol–water partition coefficient (Wildman–Crippen LogP) is 2.39. The number of carbonyl (C=O) groups excluding carboxylic acids is 2. The van der Waals surface area contributed by atoms with Crippen LogP contribution in [0.5, 0.6) is 0 Å². The molecule has 5 nitrogen and oxygen atoms in total. The molecule has 1 rings (SSSR count). The van der Waals surface area contributed by atoms with Crippen LogP contribution < -0.4 is 10.6 Å². The number of esters is 1. The minimum atomic E-state index is -4.47. The summed E-state index contributed by atoms with van der Waals surface area (Å²) in [6.07, 6.45) is -4.47. The van der Waals surface area contributed by atoms with Gasteiger partial charge < -0.3 is 15.4 Å². The number of nitrogens with one attached hydrogen (secondary N) is 2. The lowest BCUT2D eigenvalue weighted by Crippen LogP contribution is -2.32. The van der Waals surface area contributed by atoms with Crippen LogP contribution in [-0.4, -0.2) is 25.2 Å². The first kappa shape index (κ1) is 15.8. The summed E-state index contributed by atoms with van der Waals surface area (Å²) in [6, 6.07) is 3.57. The molecule has 0 bridgehead atoms. The average Bonchev–Trinajstić information content (AvgIpc) is 2.34. The summed E-state index contributed by atoms with van der Waals surface area (Å²) in [5, 5.41) is 4.59. The minimum absolute atomic E-state index is 0.00859. The zero-order valence-corrected chi connectivity index (χ0v) is 10.6. The van der Waals surface area contributed by atoms with E-state index >= 15 is 0 Å². The second kappa shape index (κ2) is 6.78. The van der Waals surface area contributed by atoms with E-state index in [0.717, 1.165) is 12.1 Å². The molecular weight excluding hydrogens is 277 g/mol. The first-order valence-electron chi connectivity index (χ1n) is 5.64. The van der Waals surface area contributed by atoms with E-state index in [1.165, 1.54) is 19.1 Å². The second-order valence-electron chi connectivity index (χ2n) is 3.80. The quantitative estimate of drug-likeness (QED) is 0.661. The van der Waals surface area contributed by atoms with E-state index < -0.39 is 23.7 Å². The van der Waals surface area contributed by atoms with Gasteiger partial charge in [-0.15, -0.1) is 0 Å². The van der Waals surface area contributed by atoms with Crippen LogP contribution in [0.25, 0.3) is 0 Å². The molecule has 1 aromatic carbocycles. The number of anilines is 1. The number of hydrogen-bond acceptors (Lipinski definition) is 3. The molecule has 0 saturated carbocycles. The Morgan fingerprint density at radius 3 is 2.60 bits per heavy atom. The molecule has 0 spiro atoms. The van der Waals surface area contributed by atoms with E-state index in [4.69, 9.17) is 0 Å². The van der Waals surface area contributed by atoms with Crippen molar-refractivity contribution in [3.05, 3.63) is 29.8 Å². The molecule has 2 amide bonds. The molecular formula is C12H13F3N2O3. The van der Waals surface area contributed by atoms with Crippen LogP contribution in [0.4, 0.5) is 23.7 Å². The molecule has 0 atom stereocenters. The van der Waals surface area contributed by atoms with Crippen molar-refractivity contribution < 1.29 is 27.5 Å². The zero-order valence-electron chi connectivity index (χ0n) is 10.6. The normalized spacial score (nSPS) is 10.8. The molecule has 110 valence electrons. The monoisotopic (exact) mass is 290 g/mol. The number of halogens is 3. The summed E-state index contributed by atoms with van der Waals surface area (Å²) < 4.78 is 41.9. The fourth-order valence-electron chi connectivity index (χ4n) is 1.31. The van der Waals surface area contributed by atoms with E-state index in [1.54, 1.807) is 0 Å². The van der Waals surface area contributed by atoms with E-state index in [9.17, 15) is 22.8 Å². The van der Waals surface area contributed by atoms with Gasteiger partial charge in [0.05, 0.1) is 12.1 Å². The fraction of sp³-hybridized carbons (Fsp3) is 0.333. The SMILES string of the molecule is CC(=O)OCCNC(=O)Nc1cccc(C(F)(F)F)c1. The van der Waals surface area contributed by atoms with Crippen LogP contribution in [0.2, 0.25) is 0 Å². The van der Waals surface area contributed by atoms with E-state index in [0.29, 0.717) is 0 Å². The molecule has 0 aromatic heterocycles. The number of ether oxygens (including phenoxy) is 1. The van der Waals surface area contributed by atoms with E-state index in [-0.39, 0.29) is 18.8 Å². The van der Waals surface area contributed by atoms with Crippen LogP contribution in [0, 0.1) is 0 Å². The Morgan fingerprint density at radius 1 is 1.30 bits per heavy atom. The molecule has 20 heavy (non-hydrogen) atoms. The van der Waals surface area contributed by atoms with Crippen LogP contribution in [0.1, 0.15) is 12.5 Å². The third kappa shape index (κ3) is 5.59. The molecule has 0 heterocycles. The summed E-state index contributed by atoms with van der Waals surface area (Å²) in [5.74, 6) is -0.481. The van der Waals surface area contributed by atoms with Gasteiger partial charge in [0.2, 0.25) is 0 Å². The molecule has 8 heteroatoms. The van der Waals surface area contributed by atoms with Gasteiger partial charge in [-0.3, -0.25) is 4.79 Å². The number of urea groups is 1. The van der Waals surface area contributed by atoms with Crippen molar-refractivity contribution >= 4 is 17.7 Å². The Hall–Kier alpha value is -2.25. The number of alkyl halides is 3. The Balaban J connectivity index is 2.48. The third-order valence-electron chi connectivity index (χ3n) is 2.14. The molecule has 0 aliphatic carbocycles. The smallest absolute Gasteiger partial charge is 0.416 e. The molecule has 0 fully saturated rings. The van der Waals surface area contributed by atoms with Crippen molar-refractivity contribution in [2.24, 2.45) is 0 Å². The average molecular weight is 290 g/mol. The fourth-order valence-corrected chi connectivity index (χ4v) is 1.31. The van der Waals surface area contributed by atoms with Crippen molar-refractivity contribution in [2.45, 2.75) is 13.1 Å². The maximum atomic E-state index is 12.5. The van der Waals surface area contributed by atoms with Crippen LogP contribution >= 0.6 is 0 Å². The summed E-state index contributed by atoms with van der Waals surface area (Å²) in [5.41, 5.74) is -0.833. The molecule has 2 N–H and O–H groups in total. The van der Waals surface area contributed by atoms with Gasteiger partial charge in [-0.05, 0) is 18.2 Å². The summed E-state index contributed by atoms with van der Waals surface area (Å²) >= 11 is 0. The molecule has 0 aliphatic heterocycles. The summed E-state index contributed by atoms with van der Waals surface area (Å²) in [7, 11) is 0. The van der Waals surface area contributed by atoms with Gasteiger partial charge in [0.25, 0.3) is 0 Å². The highest BCUT2D eigenvalue weighted by Gasteiger charge is 2.30. The van der Waals surface area contributed by atoms with Crippen LogP contribution in [-0.2, 0) is 15.7 Å². The minimum Gasteiger partial charge on any atom is -0.464 e. The van der Waals surface area contributed by atoms with Gasteiger partial charge in [-0.1, -0.05) is 6.07 Å². The van der Waals surface area contributed by atoms with Crippen molar-refractivity contribution in [2.75, 3.05) is 18.5 Å². The molecule has 0 unspecified atom stereocenters. The lowest BCUT2D eigenvalue weighted by Gasteiger charge is -2.10. The molecule has 0 saturated heterocycles. The second-order valence-corrected chi connectivity index (χ2v) is 3.80. The van der Waals surface area contributed by atoms with Crippen molar-refractivity contribution in [1.82, 2.24) is 5.32 Å². The number of benzene rings is 1. The van der Waals surface area contributed by atoms with Crippen molar-refractivity contribution in [3.8, 4) is 0 Å². The molecule has 0 radical (unpaired) electrons.